The van der Waals surface area contributed by atoms with Gasteiger partial charge in [-0.1, -0.05) is 0 Å². The third kappa shape index (κ3) is 4.77. The Balaban J connectivity index is 1.74. The van der Waals surface area contributed by atoms with Crippen molar-refractivity contribution >= 4 is 0 Å². The van der Waals surface area contributed by atoms with E-state index in [9.17, 15) is 46.0 Å². The van der Waals surface area contributed by atoms with Crippen molar-refractivity contribution < 1.29 is 69.6 Å². The molecule has 0 aliphatic carbocycles. The molecule has 176 valence electrons. The molecule has 0 aromatic heterocycles. The summed E-state index contributed by atoms with van der Waals surface area (Å²) < 4.78 is 26.4. The van der Waals surface area contributed by atoms with E-state index in [0.717, 1.165) is 0 Å². The van der Waals surface area contributed by atoms with Gasteiger partial charge in [-0.25, -0.2) is 0 Å². The van der Waals surface area contributed by atoms with Crippen molar-refractivity contribution in [3.63, 3.8) is 0 Å². The molecule has 0 aromatic carbocycles. The average molecular weight is 444 g/mol. The van der Waals surface area contributed by atoms with E-state index >= 15 is 0 Å². The standard InChI is InChI=1S/C16H28O14/c17-1-6-12(9(22)10(23)14(25)28-6)29-16-13(8(21)5(19)3-27-16)30-15-11(24)7(20)4(18)2-26-15/h4-25H,1-3H2/t4-,5-,6-,7+,8+,9-,10+,11-,12-,13-,14+,15+,16+/m1/s1. The summed E-state index contributed by atoms with van der Waals surface area (Å²) in [5.74, 6) is 0. The smallest absolute Gasteiger partial charge is 0.187 e. The van der Waals surface area contributed by atoms with Crippen molar-refractivity contribution in [3.8, 4) is 0 Å². The van der Waals surface area contributed by atoms with Gasteiger partial charge >= 0.3 is 0 Å². The van der Waals surface area contributed by atoms with Crippen LogP contribution in [0, 0.1) is 0 Å². The van der Waals surface area contributed by atoms with Crippen LogP contribution in [0.3, 0.4) is 0 Å². The van der Waals surface area contributed by atoms with Crippen molar-refractivity contribution in [3.05, 3.63) is 0 Å². The average Bonchev–Trinajstić information content (AvgIpc) is 2.73. The molecular formula is C16H28O14. The summed E-state index contributed by atoms with van der Waals surface area (Å²) in [6.07, 6.45) is -20.2. The van der Waals surface area contributed by atoms with Gasteiger partial charge in [-0.2, -0.15) is 0 Å². The van der Waals surface area contributed by atoms with Crippen LogP contribution in [-0.4, -0.2) is 146 Å². The van der Waals surface area contributed by atoms with Crippen molar-refractivity contribution in [1.29, 1.82) is 0 Å². The molecule has 3 rings (SSSR count). The minimum Gasteiger partial charge on any atom is -0.394 e. The molecule has 0 aromatic rings. The summed E-state index contributed by atoms with van der Waals surface area (Å²) in [5, 5.41) is 88.6. The molecular weight excluding hydrogens is 416 g/mol. The van der Waals surface area contributed by atoms with Gasteiger partial charge in [0.2, 0.25) is 0 Å². The zero-order valence-corrected chi connectivity index (χ0v) is 15.7. The maximum absolute atomic E-state index is 10.3. The largest absolute Gasteiger partial charge is 0.394 e. The Morgan fingerprint density at radius 2 is 1.20 bits per heavy atom. The molecule has 3 aliphatic rings. The lowest BCUT2D eigenvalue weighted by molar-refractivity contribution is -0.370. The molecule has 13 atom stereocenters. The number of hydrogen-bond donors (Lipinski definition) is 9. The third-order valence-electron chi connectivity index (χ3n) is 5.31. The van der Waals surface area contributed by atoms with Crippen molar-refractivity contribution in [2.45, 2.75) is 79.9 Å². The zero-order chi connectivity index (χ0) is 22.2. The Labute approximate surface area is 170 Å². The lowest BCUT2D eigenvalue weighted by Gasteiger charge is -2.45. The fraction of sp³-hybridized carbons (Fsp3) is 1.00. The summed E-state index contributed by atoms with van der Waals surface area (Å²) in [6, 6.07) is 0. The molecule has 30 heavy (non-hydrogen) atoms. The first kappa shape index (κ1) is 24.1. The quantitative estimate of drug-likeness (QED) is 0.192. The highest BCUT2D eigenvalue weighted by Crippen LogP contribution is 2.29. The van der Waals surface area contributed by atoms with Crippen LogP contribution in [0.4, 0.5) is 0 Å². The molecule has 0 bridgehead atoms. The molecule has 3 heterocycles. The van der Waals surface area contributed by atoms with E-state index < -0.39 is 93.1 Å². The molecule has 3 aliphatic heterocycles. The van der Waals surface area contributed by atoms with E-state index in [0.29, 0.717) is 0 Å². The Morgan fingerprint density at radius 3 is 1.83 bits per heavy atom. The molecule has 3 saturated heterocycles. The normalized spacial score (nSPS) is 52.9. The molecule has 0 spiro atoms. The highest BCUT2D eigenvalue weighted by atomic mass is 16.8. The summed E-state index contributed by atoms with van der Waals surface area (Å²) >= 11 is 0. The topological polar surface area (TPSA) is 228 Å². The van der Waals surface area contributed by atoms with E-state index in [1.807, 2.05) is 0 Å². The fourth-order valence-electron chi connectivity index (χ4n) is 3.47. The van der Waals surface area contributed by atoms with Gasteiger partial charge in [-0.3, -0.25) is 0 Å². The van der Waals surface area contributed by atoms with E-state index in [-0.39, 0.29) is 6.61 Å². The van der Waals surface area contributed by atoms with Crippen LogP contribution in [0.25, 0.3) is 0 Å². The van der Waals surface area contributed by atoms with Crippen LogP contribution < -0.4 is 0 Å². The Bertz CT molecular complexity index is 550. The van der Waals surface area contributed by atoms with Crippen molar-refractivity contribution in [2.24, 2.45) is 0 Å². The minimum absolute atomic E-state index is 0.382. The Hall–Kier alpha value is -0.560. The van der Waals surface area contributed by atoms with Crippen molar-refractivity contribution in [1.82, 2.24) is 0 Å². The molecule has 14 heteroatoms. The summed E-state index contributed by atoms with van der Waals surface area (Å²) in [6.45, 7) is -1.49. The van der Waals surface area contributed by atoms with Gasteiger partial charge in [-0.05, 0) is 0 Å². The highest BCUT2D eigenvalue weighted by molar-refractivity contribution is 4.93. The molecule has 9 N–H and O–H groups in total. The van der Waals surface area contributed by atoms with Gasteiger partial charge in [0.1, 0.15) is 61.0 Å². The van der Waals surface area contributed by atoms with E-state index in [1.54, 1.807) is 0 Å². The molecule has 0 radical (unpaired) electrons. The first-order valence-corrected chi connectivity index (χ1v) is 9.40. The maximum Gasteiger partial charge on any atom is 0.187 e. The summed E-state index contributed by atoms with van der Waals surface area (Å²) in [7, 11) is 0. The van der Waals surface area contributed by atoms with Crippen LogP contribution in [-0.2, 0) is 23.7 Å². The zero-order valence-electron chi connectivity index (χ0n) is 15.7. The first-order valence-electron chi connectivity index (χ1n) is 9.40. The van der Waals surface area contributed by atoms with Gasteiger partial charge in [0.05, 0.1) is 19.8 Å². The monoisotopic (exact) mass is 444 g/mol. The molecule has 14 nitrogen and oxygen atoms in total. The van der Waals surface area contributed by atoms with Gasteiger partial charge in [0.25, 0.3) is 0 Å². The lowest BCUT2D eigenvalue weighted by atomic mass is 9.98. The lowest BCUT2D eigenvalue weighted by Crippen LogP contribution is -2.64. The second kappa shape index (κ2) is 9.93. The Morgan fingerprint density at radius 1 is 0.633 bits per heavy atom. The van der Waals surface area contributed by atoms with Crippen LogP contribution >= 0.6 is 0 Å². The van der Waals surface area contributed by atoms with Gasteiger partial charge in [0, 0.05) is 0 Å². The fourth-order valence-corrected chi connectivity index (χ4v) is 3.47. The number of aliphatic hydroxyl groups is 9. The van der Waals surface area contributed by atoms with E-state index in [4.69, 9.17) is 23.7 Å². The summed E-state index contributed by atoms with van der Waals surface area (Å²) in [4.78, 5) is 0. The Kier molecular flexibility index (Phi) is 7.97. The SMILES string of the molecule is OC[C@H]1O[C@H](O)[C@@H](O)[C@@H](O)[C@@H]1O[C@@H]1OC[C@@H](O)[C@H](O)[C@H]1O[C@@H]1OC[C@@H](O)[C@H](O)[C@H]1O. The third-order valence-corrected chi connectivity index (χ3v) is 5.31. The number of ether oxygens (including phenoxy) is 5. The van der Waals surface area contributed by atoms with E-state index in [1.165, 1.54) is 0 Å². The van der Waals surface area contributed by atoms with Crippen LogP contribution in [0.15, 0.2) is 0 Å². The van der Waals surface area contributed by atoms with E-state index in [2.05, 4.69) is 0 Å². The summed E-state index contributed by atoms with van der Waals surface area (Å²) in [5.41, 5.74) is 0. The highest BCUT2D eigenvalue weighted by Gasteiger charge is 2.50. The molecule has 0 unspecified atom stereocenters. The second-order valence-corrected chi connectivity index (χ2v) is 7.44. The predicted octanol–water partition coefficient (Wildman–Crippen LogP) is -6.29. The van der Waals surface area contributed by atoms with Gasteiger partial charge < -0.3 is 69.6 Å². The van der Waals surface area contributed by atoms with Crippen molar-refractivity contribution in [2.75, 3.05) is 19.8 Å². The van der Waals surface area contributed by atoms with Gasteiger partial charge in [-0.15, -0.1) is 0 Å². The molecule has 0 saturated carbocycles. The predicted molar refractivity (Wildman–Crippen MR) is 89.2 cm³/mol. The first-order chi connectivity index (χ1) is 14.1. The van der Waals surface area contributed by atoms with Gasteiger partial charge in [0.15, 0.2) is 18.9 Å². The molecule has 0 amide bonds. The second-order valence-electron chi connectivity index (χ2n) is 7.44. The number of rotatable bonds is 5. The minimum atomic E-state index is -1.78. The maximum atomic E-state index is 10.3. The number of aliphatic hydroxyl groups excluding tert-OH is 9. The van der Waals surface area contributed by atoms with Crippen LogP contribution in [0.5, 0.6) is 0 Å². The molecule has 3 fully saturated rings. The van der Waals surface area contributed by atoms with Crippen LogP contribution in [0.1, 0.15) is 0 Å². The van der Waals surface area contributed by atoms with Crippen LogP contribution in [0.2, 0.25) is 0 Å². The number of hydrogen-bond acceptors (Lipinski definition) is 14.